The van der Waals surface area contributed by atoms with Gasteiger partial charge in [-0.1, -0.05) is 6.07 Å². The quantitative estimate of drug-likeness (QED) is 0.305. The van der Waals surface area contributed by atoms with Gasteiger partial charge in [0.15, 0.2) is 23.0 Å². The molecule has 11 heteroatoms. The molecule has 0 saturated carbocycles. The molecule has 2 aromatic carbocycles. The lowest BCUT2D eigenvalue weighted by Gasteiger charge is -2.12. The van der Waals surface area contributed by atoms with Crippen LogP contribution in [-0.2, 0) is 0 Å². The molecule has 0 aliphatic carbocycles. The van der Waals surface area contributed by atoms with E-state index in [1.165, 1.54) is 49.8 Å². The highest BCUT2D eigenvalue weighted by atomic mass is 19.1. The second-order valence-electron chi connectivity index (χ2n) is 8.61. The van der Waals surface area contributed by atoms with Gasteiger partial charge in [-0.2, -0.15) is 5.10 Å². The summed E-state index contributed by atoms with van der Waals surface area (Å²) in [5, 5.41) is 9.03. The van der Waals surface area contributed by atoms with E-state index in [0.29, 0.717) is 33.6 Å². The number of methoxy groups -OCH3 is 1. The molecule has 196 valence electrons. The van der Waals surface area contributed by atoms with Crippen molar-refractivity contribution in [1.29, 1.82) is 0 Å². The fraction of sp³-hybridized carbons (Fsp3) is 0.107. The van der Waals surface area contributed by atoms with Crippen molar-refractivity contribution < 1.29 is 23.0 Å². The summed E-state index contributed by atoms with van der Waals surface area (Å²) in [5.74, 6) is -1.38. The van der Waals surface area contributed by atoms with Crippen LogP contribution in [0.3, 0.4) is 0 Å². The number of aromatic amines is 1. The van der Waals surface area contributed by atoms with Gasteiger partial charge in [0, 0.05) is 35.8 Å². The van der Waals surface area contributed by atoms with Gasteiger partial charge in [-0.3, -0.25) is 19.7 Å². The van der Waals surface area contributed by atoms with E-state index in [0.717, 1.165) is 6.07 Å². The molecule has 0 radical (unpaired) electrons. The number of pyridine rings is 2. The van der Waals surface area contributed by atoms with Crippen molar-refractivity contribution in [1.82, 2.24) is 20.2 Å². The summed E-state index contributed by atoms with van der Waals surface area (Å²) in [7, 11) is 1.51. The summed E-state index contributed by atoms with van der Waals surface area (Å²) in [6.07, 6.45) is 2.99. The van der Waals surface area contributed by atoms with Crippen molar-refractivity contribution in [2.24, 2.45) is 0 Å². The van der Waals surface area contributed by atoms with Crippen molar-refractivity contribution in [3.05, 3.63) is 99.7 Å². The number of ether oxygens (including phenoxy) is 2. The maximum Gasteiger partial charge on any atom is 0.280 e. The summed E-state index contributed by atoms with van der Waals surface area (Å²) in [5.41, 5.74) is 1.51. The van der Waals surface area contributed by atoms with E-state index in [4.69, 9.17) is 9.47 Å². The summed E-state index contributed by atoms with van der Waals surface area (Å²) in [4.78, 5) is 34.6. The van der Waals surface area contributed by atoms with Crippen LogP contribution in [0.15, 0.2) is 65.7 Å². The first-order valence-electron chi connectivity index (χ1n) is 11.7. The molecule has 1 amide bonds. The van der Waals surface area contributed by atoms with Gasteiger partial charge in [-0.05, 0) is 49.2 Å². The number of H-pyrrole nitrogens is 1. The number of amides is 1. The monoisotopic (exact) mass is 529 g/mol. The van der Waals surface area contributed by atoms with Gasteiger partial charge in [0.1, 0.15) is 17.1 Å². The minimum absolute atomic E-state index is 0.0774. The van der Waals surface area contributed by atoms with E-state index in [1.807, 2.05) is 0 Å². The molecule has 0 fully saturated rings. The van der Waals surface area contributed by atoms with E-state index >= 15 is 0 Å². The number of benzene rings is 2. The Hall–Kier alpha value is -5.19. The maximum atomic E-state index is 15.0. The van der Waals surface area contributed by atoms with Crippen molar-refractivity contribution in [3.8, 4) is 28.4 Å². The Labute approximate surface area is 220 Å². The molecule has 0 spiro atoms. The van der Waals surface area contributed by atoms with E-state index < -0.39 is 28.7 Å². The molecule has 0 saturated heterocycles. The minimum atomic E-state index is -0.844. The average Bonchev–Trinajstić information content (AvgIpc) is 2.91. The van der Waals surface area contributed by atoms with Crippen molar-refractivity contribution in [2.45, 2.75) is 13.8 Å². The lowest BCUT2D eigenvalue weighted by Crippen LogP contribution is -2.26. The Morgan fingerprint density at radius 2 is 1.82 bits per heavy atom. The number of aryl methyl sites for hydroxylation is 2. The van der Waals surface area contributed by atoms with Gasteiger partial charge in [-0.15, -0.1) is 0 Å². The standard InChI is InChI=1S/C28H21F2N5O4/c1-14-10-16(29)4-6-19(14)24-15(2)34-35-26(27(24)36)28(37)33-17-5-7-22(20(30)11-17)39-23-8-9-31-21-12-18(38-3)13-32-25(21)23/h4-13H,1-3H3,(H,33,37)(H,34,36). The second kappa shape index (κ2) is 10.3. The van der Waals surface area contributed by atoms with Crippen LogP contribution in [-0.4, -0.2) is 33.2 Å². The number of rotatable bonds is 6. The highest BCUT2D eigenvalue weighted by molar-refractivity contribution is 6.03. The van der Waals surface area contributed by atoms with Crippen LogP contribution >= 0.6 is 0 Å². The fourth-order valence-corrected chi connectivity index (χ4v) is 4.07. The minimum Gasteiger partial charge on any atom is -0.495 e. The lowest BCUT2D eigenvalue weighted by molar-refractivity contribution is 0.102. The third-order valence-electron chi connectivity index (χ3n) is 5.99. The highest BCUT2D eigenvalue weighted by Crippen LogP contribution is 2.31. The zero-order valence-corrected chi connectivity index (χ0v) is 21.0. The molecule has 5 aromatic rings. The summed E-state index contributed by atoms with van der Waals surface area (Å²) in [6.45, 7) is 3.28. The van der Waals surface area contributed by atoms with Crippen molar-refractivity contribution in [2.75, 3.05) is 12.4 Å². The number of carbonyl (C=O) groups is 1. The van der Waals surface area contributed by atoms with E-state index in [-0.39, 0.29) is 22.7 Å². The SMILES string of the molecule is COc1cnc2c(Oc3ccc(NC(=O)c4n[nH]c(C)c(-c5ccc(F)cc5C)c4=O)cc3F)ccnc2c1. The summed E-state index contributed by atoms with van der Waals surface area (Å²) in [6, 6.07) is 11.0. The Bertz CT molecular complexity index is 1810. The molecule has 0 atom stereocenters. The number of anilines is 1. The third kappa shape index (κ3) is 5.01. The van der Waals surface area contributed by atoms with Gasteiger partial charge in [0.2, 0.25) is 5.43 Å². The van der Waals surface area contributed by atoms with Gasteiger partial charge in [0.25, 0.3) is 5.91 Å². The number of carbonyl (C=O) groups excluding carboxylic acids is 1. The molecule has 0 unspecified atom stereocenters. The topological polar surface area (TPSA) is 119 Å². The molecular formula is C28H21F2N5O4. The molecule has 3 heterocycles. The van der Waals surface area contributed by atoms with E-state index in [9.17, 15) is 18.4 Å². The smallest absolute Gasteiger partial charge is 0.280 e. The zero-order chi connectivity index (χ0) is 27.7. The summed E-state index contributed by atoms with van der Waals surface area (Å²) >= 11 is 0. The van der Waals surface area contributed by atoms with Crippen LogP contribution in [0.25, 0.3) is 22.2 Å². The molecule has 5 rings (SSSR count). The average molecular weight is 530 g/mol. The van der Waals surface area contributed by atoms with Crippen LogP contribution in [0.5, 0.6) is 17.2 Å². The zero-order valence-electron chi connectivity index (χ0n) is 21.0. The van der Waals surface area contributed by atoms with Gasteiger partial charge < -0.3 is 14.8 Å². The predicted octanol–water partition coefficient (Wildman–Crippen LogP) is 5.33. The number of hydrogen-bond donors (Lipinski definition) is 2. The first kappa shape index (κ1) is 25.5. The second-order valence-corrected chi connectivity index (χ2v) is 8.61. The van der Waals surface area contributed by atoms with Crippen LogP contribution in [0.1, 0.15) is 21.7 Å². The molecule has 0 bridgehead atoms. The van der Waals surface area contributed by atoms with E-state index in [1.54, 1.807) is 26.0 Å². The fourth-order valence-electron chi connectivity index (χ4n) is 4.07. The van der Waals surface area contributed by atoms with Gasteiger partial charge >= 0.3 is 0 Å². The third-order valence-corrected chi connectivity index (χ3v) is 5.99. The predicted molar refractivity (Wildman–Crippen MR) is 140 cm³/mol. The van der Waals surface area contributed by atoms with Crippen LogP contribution in [0.2, 0.25) is 0 Å². The van der Waals surface area contributed by atoms with E-state index in [2.05, 4.69) is 25.5 Å². The van der Waals surface area contributed by atoms with Crippen LogP contribution < -0.4 is 20.2 Å². The molecule has 2 N–H and O–H groups in total. The Morgan fingerprint density at radius 3 is 2.56 bits per heavy atom. The van der Waals surface area contributed by atoms with Crippen LogP contribution in [0, 0.1) is 25.5 Å². The first-order valence-corrected chi connectivity index (χ1v) is 11.7. The Kier molecular flexibility index (Phi) is 6.72. The first-order chi connectivity index (χ1) is 18.7. The number of aromatic nitrogens is 4. The van der Waals surface area contributed by atoms with Gasteiger partial charge in [-0.25, -0.2) is 13.8 Å². The molecule has 0 aliphatic heterocycles. The molecular weight excluding hydrogens is 508 g/mol. The van der Waals surface area contributed by atoms with Gasteiger partial charge in [0.05, 0.1) is 24.4 Å². The molecule has 9 nitrogen and oxygen atoms in total. The highest BCUT2D eigenvalue weighted by Gasteiger charge is 2.20. The molecule has 3 aromatic heterocycles. The lowest BCUT2D eigenvalue weighted by atomic mass is 9.98. The van der Waals surface area contributed by atoms with Crippen molar-refractivity contribution >= 4 is 22.6 Å². The number of hydrogen-bond acceptors (Lipinski definition) is 7. The Balaban J connectivity index is 1.40. The Morgan fingerprint density at radius 1 is 1.00 bits per heavy atom. The number of halogens is 2. The number of nitrogens with one attached hydrogen (secondary N) is 2. The summed E-state index contributed by atoms with van der Waals surface area (Å²) < 4.78 is 39.4. The largest absolute Gasteiger partial charge is 0.495 e. The normalized spacial score (nSPS) is 10.9. The molecule has 0 aliphatic rings. The number of fused-ring (bicyclic) bond motifs is 1. The molecule has 39 heavy (non-hydrogen) atoms. The van der Waals surface area contributed by atoms with Crippen molar-refractivity contribution in [3.63, 3.8) is 0 Å². The van der Waals surface area contributed by atoms with Crippen LogP contribution in [0.4, 0.5) is 14.5 Å². The maximum absolute atomic E-state index is 15.0. The number of nitrogens with zero attached hydrogens (tertiary/aromatic N) is 3.